The molecule has 0 bridgehead atoms. The first kappa shape index (κ1) is 10.7. The van der Waals surface area contributed by atoms with Crippen LogP contribution in [0.15, 0.2) is 42.5 Å². The average molecular weight is 214 g/mol. The minimum atomic E-state index is -0.159. The molecule has 2 heteroatoms. The molecule has 2 aromatic carbocycles. The van der Waals surface area contributed by atoms with Crippen LogP contribution in [-0.4, -0.2) is 5.97 Å². The number of esters is 1. The fraction of sp³-hybridized carbons (Fsp3) is 0.214. The molecule has 0 aliphatic rings. The molecular weight excluding hydrogens is 200 g/mol. The molecular formula is C14H14O2. The van der Waals surface area contributed by atoms with Crippen molar-refractivity contribution in [2.45, 2.75) is 20.0 Å². The van der Waals surface area contributed by atoms with Crippen LogP contribution in [0.2, 0.25) is 0 Å². The van der Waals surface area contributed by atoms with Gasteiger partial charge in [0.25, 0.3) is 0 Å². The molecule has 0 heterocycles. The second kappa shape index (κ2) is 4.79. The molecule has 0 saturated heterocycles. The standard InChI is InChI=1S/C14H14O2/c1-2-14(15)16-10-12-8-5-7-11-6-3-4-9-13(11)12/h3-9H,2,10H2,1H3. The topological polar surface area (TPSA) is 26.3 Å². The van der Waals surface area contributed by atoms with Crippen molar-refractivity contribution in [2.24, 2.45) is 0 Å². The Labute approximate surface area is 94.8 Å². The molecule has 0 spiro atoms. The van der Waals surface area contributed by atoms with Crippen molar-refractivity contribution in [3.8, 4) is 0 Å². The minimum absolute atomic E-state index is 0.159. The summed E-state index contributed by atoms with van der Waals surface area (Å²) in [6.07, 6.45) is 0.421. The molecule has 2 rings (SSSR count). The van der Waals surface area contributed by atoms with E-state index in [1.807, 2.05) is 30.3 Å². The first-order chi connectivity index (χ1) is 7.81. The normalized spacial score (nSPS) is 10.3. The van der Waals surface area contributed by atoms with Gasteiger partial charge in [-0.2, -0.15) is 0 Å². The van der Waals surface area contributed by atoms with E-state index < -0.39 is 0 Å². The van der Waals surface area contributed by atoms with E-state index in [-0.39, 0.29) is 5.97 Å². The summed E-state index contributed by atoms with van der Waals surface area (Å²) in [5.41, 5.74) is 1.06. The fourth-order valence-electron chi connectivity index (χ4n) is 1.68. The highest BCUT2D eigenvalue weighted by atomic mass is 16.5. The van der Waals surface area contributed by atoms with Crippen molar-refractivity contribution < 1.29 is 9.53 Å². The number of carbonyl (C=O) groups is 1. The molecule has 0 saturated carbocycles. The van der Waals surface area contributed by atoms with Crippen LogP contribution in [-0.2, 0) is 16.1 Å². The Kier molecular flexibility index (Phi) is 3.20. The third kappa shape index (κ3) is 2.22. The summed E-state index contributed by atoms with van der Waals surface area (Å²) in [6.45, 7) is 2.15. The number of rotatable bonds is 3. The van der Waals surface area contributed by atoms with Gasteiger partial charge in [-0.1, -0.05) is 49.4 Å². The van der Waals surface area contributed by atoms with Gasteiger partial charge in [-0.15, -0.1) is 0 Å². The van der Waals surface area contributed by atoms with Gasteiger partial charge in [-0.05, 0) is 16.3 Å². The first-order valence-electron chi connectivity index (χ1n) is 5.43. The fourth-order valence-corrected chi connectivity index (χ4v) is 1.68. The summed E-state index contributed by atoms with van der Waals surface area (Å²) in [5, 5.41) is 2.32. The van der Waals surface area contributed by atoms with Gasteiger partial charge >= 0.3 is 5.97 Å². The monoisotopic (exact) mass is 214 g/mol. The van der Waals surface area contributed by atoms with E-state index in [1.54, 1.807) is 6.92 Å². The van der Waals surface area contributed by atoms with Gasteiger partial charge in [0.1, 0.15) is 6.61 Å². The molecule has 0 aliphatic carbocycles. The number of carbonyl (C=O) groups excluding carboxylic acids is 1. The zero-order chi connectivity index (χ0) is 11.4. The third-order valence-electron chi connectivity index (χ3n) is 2.56. The first-order valence-corrected chi connectivity index (χ1v) is 5.43. The van der Waals surface area contributed by atoms with Crippen LogP contribution >= 0.6 is 0 Å². The van der Waals surface area contributed by atoms with E-state index in [4.69, 9.17) is 4.74 Å². The highest BCUT2D eigenvalue weighted by Crippen LogP contribution is 2.19. The van der Waals surface area contributed by atoms with Crippen LogP contribution in [0.5, 0.6) is 0 Å². The molecule has 0 amide bonds. The summed E-state index contributed by atoms with van der Waals surface area (Å²) in [7, 11) is 0. The van der Waals surface area contributed by atoms with Crippen LogP contribution in [0, 0.1) is 0 Å². The maximum absolute atomic E-state index is 11.1. The van der Waals surface area contributed by atoms with Crippen LogP contribution < -0.4 is 0 Å². The molecule has 16 heavy (non-hydrogen) atoms. The minimum Gasteiger partial charge on any atom is -0.461 e. The van der Waals surface area contributed by atoms with E-state index in [9.17, 15) is 4.79 Å². The molecule has 0 N–H and O–H groups in total. The molecule has 82 valence electrons. The quantitative estimate of drug-likeness (QED) is 0.733. The van der Waals surface area contributed by atoms with E-state index in [0.29, 0.717) is 13.0 Å². The Hall–Kier alpha value is -1.83. The summed E-state index contributed by atoms with van der Waals surface area (Å²) < 4.78 is 5.15. The van der Waals surface area contributed by atoms with Gasteiger partial charge < -0.3 is 4.74 Å². The number of ether oxygens (including phenoxy) is 1. The van der Waals surface area contributed by atoms with Gasteiger partial charge in [-0.3, -0.25) is 4.79 Å². The number of fused-ring (bicyclic) bond motifs is 1. The maximum atomic E-state index is 11.1. The molecule has 0 aromatic heterocycles. The lowest BCUT2D eigenvalue weighted by molar-refractivity contribution is -0.144. The zero-order valence-electron chi connectivity index (χ0n) is 9.27. The van der Waals surface area contributed by atoms with Crippen molar-refractivity contribution in [3.05, 3.63) is 48.0 Å². The lowest BCUT2D eigenvalue weighted by Gasteiger charge is -2.07. The molecule has 0 aliphatic heterocycles. The molecule has 2 aromatic rings. The second-order valence-corrected chi connectivity index (χ2v) is 3.65. The van der Waals surface area contributed by atoms with Crippen molar-refractivity contribution >= 4 is 16.7 Å². The van der Waals surface area contributed by atoms with Crippen LogP contribution in [0.1, 0.15) is 18.9 Å². The van der Waals surface area contributed by atoms with Gasteiger partial charge in [0.05, 0.1) is 0 Å². The van der Waals surface area contributed by atoms with Crippen LogP contribution in [0.3, 0.4) is 0 Å². The largest absolute Gasteiger partial charge is 0.461 e. The smallest absolute Gasteiger partial charge is 0.305 e. The Morgan fingerprint density at radius 3 is 2.69 bits per heavy atom. The second-order valence-electron chi connectivity index (χ2n) is 3.65. The summed E-state index contributed by atoms with van der Waals surface area (Å²) in [5.74, 6) is -0.159. The van der Waals surface area contributed by atoms with E-state index in [1.165, 1.54) is 5.39 Å². The van der Waals surface area contributed by atoms with E-state index in [2.05, 4.69) is 12.1 Å². The summed E-state index contributed by atoms with van der Waals surface area (Å²) in [6, 6.07) is 14.1. The lowest BCUT2D eigenvalue weighted by atomic mass is 10.1. The summed E-state index contributed by atoms with van der Waals surface area (Å²) >= 11 is 0. The van der Waals surface area contributed by atoms with Gasteiger partial charge in [0.15, 0.2) is 0 Å². The van der Waals surface area contributed by atoms with Gasteiger partial charge in [0, 0.05) is 6.42 Å². The molecule has 0 fully saturated rings. The third-order valence-corrected chi connectivity index (χ3v) is 2.56. The van der Waals surface area contributed by atoms with Crippen LogP contribution in [0.25, 0.3) is 10.8 Å². The highest BCUT2D eigenvalue weighted by Gasteiger charge is 2.03. The predicted octanol–water partition coefficient (Wildman–Crippen LogP) is 3.29. The van der Waals surface area contributed by atoms with Crippen molar-refractivity contribution in [1.82, 2.24) is 0 Å². The SMILES string of the molecule is CCC(=O)OCc1cccc2ccccc12. The Bertz CT molecular complexity index is 498. The van der Waals surface area contributed by atoms with Crippen molar-refractivity contribution in [3.63, 3.8) is 0 Å². The lowest BCUT2D eigenvalue weighted by Crippen LogP contribution is -2.02. The zero-order valence-corrected chi connectivity index (χ0v) is 9.27. The predicted molar refractivity (Wildman–Crippen MR) is 64.0 cm³/mol. The highest BCUT2D eigenvalue weighted by molar-refractivity contribution is 5.85. The Morgan fingerprint density at radius 2 is 1.88 bits per heavy atom. The molecule has 0 unspecified atom stereocenters. The molecule has 0 atom stereocenters. The number of hydrogen-bond donors (Lipinski definition) is 0. The van der Waals surface area contributed by atoms with E-state index in [0.717, 1.165) is 10.9 Å². The van der Waals surface area contributed by atoms with Gasteiger partial charge in [-0.25, -0.2) is 0 Å². The number of benzene rings is 2. The van der Waals surface area contributed by atoms with Crippen LogP contribution in [0.4, 0.5) is 0 Å². The Balaban J connectivity index is 2.27. The van der Waals surface area contributed by atoms with Crippen molar-refractivity contribution in [2.75, 3.05) is 0 Å². The molecule has 0 radical (unpaired) electrons. The van der Waals surface area contributed by atoms with E-state index >= 15 is 0 Å². The van der Waals surface area contributed by atoms with Gasteiger partial charge in [0.2, 0.25) is 0 Å². The average Bonchev–Trinajstić information content (AvgIpc) is 2.35. The van der Waals surface area contributed by atoms with Crippen molar-refractivity contribution in [1.29, 1.82) is 0 Å². The molecule has 2 nitrogen and oxygen atoms in total. The summed E-state index contributed by atoms with van der Waals surface area (Å²) in [4.78, 5) is 11.1. The Morgan fingerprint density at radius 1 is 1.12 bits per heavy atom. The number of hydrogen-bond acceptors (Lipinski definition) is 2. The maximum Gasteiger partial charge on any atom is 0.305 e.